The molecule has 0 aliphatic carbocycles. The highest BCUT2D eigenvalue weighted by atomic mass is 32.1. The minimum Gasteiger partial charge on any atom is -0.143 e. The molecule has 1 aromatic carbocycles. The highest BCUT2D eigenvalue weighted by molar-refractivity contribution is 7.80. The van der Waals surface area contributed by atoms with Crippen molar-refractivity contribution in [3.05, 3.63) is 29.8 Å². The summed E-state index contributed by atoms with van der Waals surface area (Å²) in [6, 6.07) is 8.27. The quantitative estimate of drug-likeness (QED) is 0.641. The maximum absolute atomic E-state index is 4.37. The molecule has 0 spiro atoms. The van der Waals surface area contributed by atoms with Gasteiger partial charge in [0.1, 0.15) is 0 Å². The van der Waals surface area contributed by atoms with Crippen LogP contribution in [0.2, 0.25) is 0 Å². The Hall–Kier alpha value is -0.430. The van der Waals surface area contributed by atoms with Crippen molar-refractivity contribution in [2.75, 3.05) is 0 Å². The molecule has 1 heteroatoms. The Morgan fingerprint density at radius 2 is 1.91 bits per heavy atom. The predicted molar refractivity (Wildman–Crippen MR) is 52.2 cm³/mol. The van der Waals surface area contributed by atoms with Crippen molar-refractivity contribution >= 4 is 12.6 Å². The highest BCUT2D eigenvalue weighted by Crippen LogP contribution is 2.16. The van der Waals surface area contributed by atoms with E-state index in [1.807, 2.05) is 12.1 Å². The zero-order valence-electron chi connectivity index (χ0n) is 7.04. The van der Waals surface area contributed by atoms with Gasteiger partial charge in [0.15, 0.2) is 0 Å². The van der Waals surface area contributed by atoms with Crippen LogP contribution in [0.4, 0.5) is 0 Å². The molecule has 0 saturated carbocycles. The molecule has 0 fully saturated rings. The van der Waals surface area contributed by atoms with Crippen LogP contribution in [-0.4, -0.2) is 0 Å². The van der Waals surface area contributed by atoms with Crippen molar-refractivity contribution in [3.63, 3.8) is 0 Å². The molecule has 60 valence electrons. The van der Waals surface area contributed by atoms with Crippen LogP contribution in [0.5, 0.6) is 0 Å². The first-order valence-electron chi connectivity index (χ1n) is 3.97. The summed E-state index contributed by atoms with van der Waals surface area (Å²) in [6.45, 7) is 4.44. The fraction of sp³-hybridized carbons (Fsp3) is 0.400. The van der Waals surface area contributed by atoms with Crippen molar-refractivity contribution < 1.29 is 0 Å². The highest BCUT2D eigenvalue weighted by Gasteiger charge is 1.99. The topological polar surface area (TPSA) is 0 Å². The molecular weight excluding hydrogens is 152 g/mol. The number of hydrogen-bond donors (Lipinski definition) is 1. The van der Waals surface area contributed by atoms with E-state index in [0.717, 1.165) is 11.3 Å². The minimum absolute atomic E-state index is 0.711. The molecule has 0 N–H and O–H groups in total. The summed E-state index contributed by atoms with van der Waals surface area (Å²) >= 11 is 4.37. The Balaban J connectivity index is 2.78. The zero-order valence-corrected chi connectivity index (χ0v) is 7.94. The molecule has 1 aromatic rings. The molecule has 0 amide bonds. The van der Waals surface area contributed by atoms with E-state index in [9.17, 15) is 0 Å². The van der Waals surface area contributed by atoms with Crippen molar-refractivity contribution in [3.8, 4) is 0 Å². The minimum atomic E-state index is 0.711. The van der Waals surface area contributed by atoms with E-state index in [0.29, 0.717) is 5.92 Å². The van der Waals surface area contributed by atoms with Crippen LogP contribution in [0, 0.1) is 5.92 Å². The lowest BCUT2D eigenvalue weighted by Gasteiger charge is -2.06. The third-order valence-corrected chi connectivity index (χ3v) is 2.06. The Kier molecular flexibility index (Phi) is 3.01. The summed E-state index contributed by atoms with van der Waals surface area (Å²) in [6.07, 6.45) is 1.12. The SMILES string of the molecule is CC(C)Cc1ccccc1S. The van der Waals surface area contributed by atoms with E-state index in [2.05, 4.69) is 38.6 Å². The maximum Gasteiger partial charge on any atom is 0.00721 e. The van der Waals surface area contributed by atoms with Gasteiger partial charge in [-0.1, -0.05) is 32.0 Å². The number of rotatable bonds is 2. The Morgan fingerprint density at radius 1 is 1.27 bits per heavy atom. The summed E-state index contributed by atoms with van der Waals surface area (Å²) in [4.78, 5) is 1.11. The predicted octanol–water partition coefficient (Wildman–Crippen LogP) is 3.17. The van der Waals surface area contributed by atoms with Crippen LogP contribution in [-0.2, 0) is 6.42 Å². The second kappa shape index (κ2) is 3.82. The molecule has 0 atom stereocenters. The van der Waals surface area contributed by atoms with E-state index in [-0.39, 0.29) is 0 Å². The number of thiol groups is 1. The molecule has 11 heavy (non-hydrogen) atoms. The van der Waals surface area contributed by atoms with Gasteiger partial charge in [0, 0.05) is 4.90 Å². The molecule has 0 heterocycles. The van der Waals surface area contributed by atoms with Gasteiger partial charge in [0.25, 0.3) is 0 Å². The molecule has 0 bridgehead atoms. The van der Waals surface area contributed by atoms with E-state index >= 15 is 0 Å². The molecule has 0 aliphatic rings. The summed E-state index contributed by atoms with van der Waals surface area (Å²) in [5, 5.41) is 0. The van der Waals surface area contributed by atoms with E-state index in [1.165, 1.54) is 5.56 Å². The first kappa shape index (κ1) is 8.66. The maximum atomic E-state index is 4.37. The van der Waals surface area contributed by atoms with Crippen molar-refractivity contribution in [1.29, 1.82) is 0 Å². The fourth-order valence-electron chi connectivity index (χ4n) is 1.12. The molecule has 0 aromatic heterocycles. The van der Waals surface area contributed by atoms with Gasteiger partial charge in [0.05, 0.1) is 0 Å². The van der Waals surface area contributed by atoms with Crippen LogP contribution in [0.15, 0.2) is 29.2 Å². The van der Waals surface area contributed by atoms with Crippen LogP contribution in [0.1, 0.15) is 19.4 Å². The molecule has 0 unspecified atom stereocenters. The zero-order chi connectivity index (χ0) is 8.27. The summed E-state index contributed by atoms with van der Waals surface area (Å²) in [5.41, 5.74) is 1.35. The molecule has 0 radical (unpaired) electrons. The standard InChI is InChI=1S/C10H14S/c1-8(2)7-9-5-3-4-6-10(9)11/h3-6,8,11H,7H2,1-2H3. The lowest BCUT2D eigenvalue weighted by atomic mass is 10.0. The Labute approximate surface area is 74.0 Å². The van der Waals surface area contributed by atoms with E-state index < -0.39 is 0 Å². The average Bonchev–Trinajstić information content (AvgIpc) is 1.93. The van der Waals surface area contributed by atoms with Crippen molar-refractivity contribution in [2.45, 2.75) is 25.2 Å². The lowest BCUT2D eigenvalue weighted by molar-refractivity contribution is 0.641. The van der Waals surface area contributed by atoms with Crippen LogP contribution in [0.3, 0.4) is 0 Å². The molecular formula is C10H14S. The van der Waals surface area contributed by atoms with Gasteiger partial charge in [-0.3, -0.25) is 0 Å². The summed E-state index contributed by atoms with van der Waals surface area (Å²) in [7, 11) is 0. The van der Waals surface area contributed by atoms with Gasteiger partial charge in [-0.25, -0.2) is 0 Å². The second-order valence-electron chi connectivity index (χ2n) is 3.23. The fourth-order valence-corrected chi connectivity index (χ4v) is 1.38. The van der Waals surface area contributed by atoms with Crippen LogP contribution >= 0.6 is 12.6 Å². The van der Waals surface area contributed by atoms with Gasteiger partial charge >= 0.3 is 0 Å². The van der Waals surface area contributed by atoms with Gasteiger partial charge in [0.2, 0.25) is 0 Å². The Bertz CT molecular complexity index is 228. The van der Waals surface area contributed by atoms with E-state index in [1.54, 1.807) is 0 Å². The van der Waals surface area contributed by atoms with Crippen LogP contribution < -0.4 is 0 Å². The third-order valence-electron chi connectivity index (χ3n) is 1.62. The molecule has 1 rings (SSSR count). The van der Waals surface area contributed by atoms with Gasteiger partial charge in [-0.2, -0.15) is 0 Å². The third kappa shape index (κ3) is 2.58. The normalized spacial score (nSPS) is 10.5. The first-order chi connectivity index (χ1) is 5.20. The summed E-state index contributed by atoms with van der Waals surface area (Å²) in [5.74, 6) is 0.711. The number of benzene rings is 1. The van der Waals surface area contributed by atoms with Gasteiger partial charge < -0.3 is 0 Å². The number of hydrogen-bond acceptors (Lipinski definition) is 1. The molecule has 0 aliphatic heterocycles. The van der Waals surface area contributed by atoms with Crippen molar-refractivity contribution in [1.82, 2.24) is 0 Å². The Morgan fingerprint density at radius 3 is 2.45 bits per heavy atom. The van der Waals surface area contributed by atoms with Gasteiger partial charge in [-0.05, 0) is 24.0 Å². The smallest absolute Gasteiger partial charge is 0.00721 e. The lowest BCUT2D eigenvalue weighted by Crippen LogP contribution is -1.94. The van der Waals surface area contributed by atoms with Crippen LogP contribution in [0.25, 0.3) is 0 Å². The molecule has 0 saturated heterocycles. The average molecular weight is 166 g/mol. The largest absolute Gasteiger partial charge is 0.143 e. The molecule has 0 nitrogen and oxygen atoms in total. The van der Waals surface area contributed by atoms with E-state index in [4.69, 9.17) is 0 Å². The first-order valence-corrected chi connectivity index (χ1v) is 4.41. The summed E-state index contributed by atoms with van der Waals surface area (Å²) < 4.78 is 0. The van der Waals surface area contributed by atoms with Crippen molar-refractivity contribution in [2.24, 2.45) is 5.92 Å². The second-order valence-corrected chi connectivity index (χ2v) is 3.71. The monoisotopic (exact) mass is 166 g/mol. The van der Waals surface area contributed by atoms with Gasteiger partial charge in [-0.15, -0.1) is 12.6 Å².